The molecule has 0 bridgehead atoms. The quantitative estimate of drug-likeness (QED) is 0.239. The average Bonchev–Trinajstić information content (AvgIpc) is 3.42. The summed E-state index contributed by atoms with van der Waals surface area (Å²) in [6.45, 7) is 2.73. The van der Waals surface area contributed by atoms with E-state index in [-0.39, 0.29) is 23.1 Å². The molecule has 9 nitrogen and oxygen atoms in total. The van der Waals surface area contributed by atoms with Gasteiger partial charge in [-0.3, -0.25) is 19.2 Å². The standard InChI is InChI=1S/C33H29NO8/c1-17(35)28-27(20-15-24(39-3)30(41-5)25(16-20)40-4)33(31(37)21-10-6-7-11-22(21)32(33)38)26-14-13-19-9-8-12-23(42-18(2)36)29(19)34(26)28/h6-16,26-28H,1-5H3/t26-,27-,28+/m1/s1. The third-order valence-electron chi connectivity index (χ3n) is 8.50. The summed E-state index contributed by atoms with van der Waals surface area (Å²) < 4.78 is 22.4. The fourth-order valence-corrected chi connectivity index (χ4v) is 7.03. The molecule has 0 unspecified atom stereocenters. The predicted octanol–water partition coefficient (Wildman–Crippen LogP) is 4.66. The summed E-state index contributed by atoms with van der Waals surface area (Å²) in [4.78, 5) is 57.1. The highest BCUT2D eigenvalue weighted by atomic mass is 16.5. The highest BCUT2D eigenvalue weighted by molar-refractivity contribution is 6.32. The van der Waals surface area contributed by atoms with Crippen molar-refractivity contribution in [2.45, 2.75) is 31.8 Å². The SMILES string of the molecule is COc1cc([C@@H]2[C@H](C(C)=O)N3c4c(cccc4OC(C)=O)C=C[C@@H]3C23C(=O)c2ccccc2C3=O)cc(OC)c1OC. The van der Waals surface area contributed by atoms with Crippen LogP contribution < -0.4 is 23.8 Å². The smallest absolute Gasteiger partial charge is 0.308 e. The van der Waals surface area contributed by atoms with Crippen molar-refractivity contribution in [3.05, 3.63) is 82.9 Å². The first-order valence-electron chi connectivity index (χ1n) is 13.5. The van der Waals surface area contributed by atoms with Crippen molar-refractivity contribution in [1.29, 1.82) is 0 Å². The molecular formula is C33H29NO8. The molecule has 0 radical (unpaired) electrons. The largest absolute Gasteiger partial charge is 0.493 e. The van der Waals surface area contributed by atoms with Gasteiger partial charge in [-0.25, -0.2) is 0 Å². The number of rotatable bonds is 6. The van der Waals surface area contributed by atoms with Crippen molar-refractivity contribution in [3.63, 3.8) is 0 Å². The van der Waals surface area contributed by atoms with Crippen molar-refractivity contribution in [1.82, 2.24) is 0 Å². The van der Waals surface area contributed by atoms with Crippen molar-refractivity contribution >= 4 is 35.1 Å². The number of nitrogens with zero attached hydrogens (tertiary/aromatic N) is 1. The molecule has 0 N–H and O–H groups in total. The molecule has 1 spiro atoms. The summed E-state index contributed by atoms with van der Waals surface area (Å²) in [5, 5.41) is 0. The van der Waals surface area contributed by atoms with Gasteiger partial charge in [0.1, 0.15) is 5.41 Å². The summed E-state index contributed by atoms with van der Waals surface area (Å²) >= 11 is 0. The van der Waals surface area contributed by atoms with Gasteiger partial charge in [0.25, 0.3) is 0 Å². The van der Waals surface area contributed by atoms with Crippen LogP contribution in [0.4, 0.5) is 5.69 Å². The molecule has 214 valence electrons. The topological polar surface area (TPSA) is 108 Å². The molecule has 6 rings (SSSR count). The molecule has 3 aromatic rings. The van der Waals surface area contributed by atoms with E-state index in [0.717, 1.165) is 0 Å². The highest BCUT2D eigenvalue weighted by Crippen LogP contribution is 2.62. The lowest BCUT2D eigenvalue weighted by Crippen LogP contribution is -2.48. The maximum Gasteiger partial charge on any atom is 0.308 e. The van der Waals surface area contributed by atoms with Crippen LogP contribution in [0, 0.1) is 5.41 Å². The minimum atomic E-state index is -1.72. The second-order valence-corrected chi connectivity index (χ2v) is 10.6. The Labute approximate surface area is 242 Å². The molecule has 2 aliphatic heterocycles. The third-order valence-corrected chi connectivity index (χ3v) is 8.50. The Bertz CT molecular complexity index is 1650. The van der Waals surface area contributed by atoms with Gasteiger partial charge in [-0.1, -0.05) is 48.6 Å². The van der Waals surface area contributed by atoms with E-state index in [1.807, 2.05) is 12.1 Å². The number of carbonyl (C=O) groups excluding carboxylic acids is 4. The maximum atomic E-state index is 14.7. The van der Waals surface area contributed by atoms with E-state index in [0.29, 0.717) is 45.2 Å². The monoisotopic (exact) mass is 567 g/mol. The number of hydrogen-bond acceptors (Lipinski definition) is 9. The zero-order valence-electron chi connectivity index (χ0n) is 23.8. The van der Waals surface area contributed by atoms with Crippen LogP contribution in [-0.4, -0.2) is 56.7 Å². The van der Waals surface area contributed by atoms with Gasteiger partial charge in [-0.05, 0) is 30.7 Å². The summed E-state index contributed by atoms with van der Waals surface area (Å²) in [5.41, 5.74) is 0.530. The van der Waals surface area contributed by atoms with Gasteiger partial charge in [-0.2, -0.15) is 0 Å². The number of methoxy groups -OCH3 is 3. The lowest BCUT2D eigenvalue weighted by Gasteiger charge is -2.37. The molecule has 1 aliphatic carbocycles. The lowest BCUT2D eigenvalue weighted by atomic mass is 9.64. The van der Waals surface area contributed by atoms with Crippen LogP contribution in [0.1, 0.15) is 51.6 Å². The number of esters is 1. The molecule has 0 saturated carbocycles. The average molecular weight is 568 g/mol. The molecule has 3 aromatic carbocycles. The van der Waals surface area contributed by atoms with Gasteiger partial charge in [-0.15, -0.1) is 0 Å². The first-order valence-corrected chi connectivity index (χ1v) is 13.5. The number of Topliss-reactive ketones (excluding diaryl/α,β-unsaturated/α-hetero) is 3. The van der Waals surface area contributed by atoms with E-state index >= 15 is 0 Å². The van der Waals surface area contributed by atoms with Gasteiger partial charge in [0, 0.05) is 29.5 Å². The highest BCUT2D eigenvalue weighted by Gasteiger charge is 2.71. The minimum absolute atomic E-state index is 0.233. The number of ketones is 3. The summed E-state index contributed by atoms with van der Waals surface area (Å²) in [5.74, 6) is -1.32. The van der Waals surface area contributed by atoms with E-state index in [1.165, 1.54) is 35.2 Å². The van der Waals surface area contributed by atoms with Crippen LogP contribution in [0.5, 0.6) is 23.0 Å². The molecule has 9 heteroatoms. The Morgan fingerprint density at radius 2 is 1.43 bits per heavy atom. The fraction of sp³-hybridized carbons (Fsp3) is 0.273. The molecule has 0 amide bonds. The molecule has 3 atom stereocenters. The van der Waals surface area contributed by atoms with Crippen LogP contribution in [-0.2, 0) is 9.59 Å². The molecule has 1 saturated heterocycles. The summed E-state index contributed by atoms with van der Waals surface area (Å²) in [6, 6.07) is 13.5. The Balaban J connectivity index is 1.70. The van der Waals surface area contributed by atoms with Gasteiger partial charge < -0.3 is 23.8 Å². The van der Waals surface area contributed by atoms with E-state index in [4.69, 9.17) is 18.9 Å². The van der Waals surface area contributed by atoms with E-state index in [2.05, 4.69) is 0 Å². The number of hydrogen-bond donors (Lipinski definition) is 0. The first-order chi connectivity index (χ1) is 20.2. The number of para-hydroxylation sites is 1. The van der Waals surface area contributed by atoms with Gasteiger partial charge in [0.05, 0.1) is 39.1 Å². The predicted molar refractivity (Wildman–Crippen MR) is 154 cm³/mol. The van der Waals surface area contributed by atoms with Gasteiger partial charge in [0.2, 0.25) is 5.75 Å². The van der Waals surface area contributed by atoms with Crippen molar-refractivity contribution in [3.8, 4) is 23.0 Å². The van der Waals surface area contributed by atoms with Crippen LogP contribution in [0.2, 0.25) is 0 Å². The van der Waals surface area contributed by atoms with Crippen LogP contribution in [0.25, 0.3) is 6.08 Å². The van der Waals surface area contributed by atoms with Crippen molar-refractivity contribution < 1.29 is 38.1 Å². The maximum absolute atomic E-state index is 14.7. The Hall–Kier alpha value is -4.92. The number of fused-ring (bicyclic) bond motifs is 5. The Morgan fingerprint density at radius 1 is 0.810 bits per heavy atom. The van der Waals surface area contributed by atoms with E-state index in [9.17, 15) is 19.2 Å². The van der Waals surface area contributed by atoms with Crippen molar-refractivity contribution in [2.24, 2.45) is 5.41 Å². The Morgan fingerprint density at radius 3 is 1.95 bits per heavy atom. The number of benzene rings is 3. The fourth-order valence-electron chi connectivity index (χ4n) is 7.03. The summed E-state index contributed by atoms with van der Waals surface area (Å²) in [7, 11) is 4.43. The molecule has 1 fully saturated rings. The van der Waals surface area contributed by atoms with Crippen LogP contribution >= 0.6 is 0 Å². The van der Waals surface area contributed by atoms with E-state index < -0.39 is 29.4 Å². The van der Waals surface area contributed by atoms with Crippen molar-refractivity contribution in [2.75, 3.05) is 26.2 Å². The van der Waals surface area contributed by atoms with Gasteiger partial charge >= 0.3 is 5.97 Å². The molecule has 0 aromatic heterocycles. The zero-order valence-corrected chi connectivity index (χ0v) is 23.8. The second-order valence-electron chi connectivity index (χ2n) is 10.6. The number of carbonyl (C=O) groups is 4. The van der Waals surface area contributed by atoms with E-state index in [1.54, 1.807) is 59.5 Å². The Kier molecular flexibility index (Phi) is 6.40. The van der Waals surface area contributed by atoms with Crippen LogP contribution in [0.3, 0.4) is 0 Å². The molecular weight excluding hydrogens is 538 g/mol. The minimum Gasteiger partial charge on any atom is -0.493 e. The van der Waals surface area contributed by atoms with Crippen LogP contribution in [0.15, 0.2) is 60.7 Å². The zero-order chi connectivity index (χ0) is 29.9. The molecule has 2 heterocycles. The lowest BCUT2D eigenvalue weighted by molar-refractivity contribution is -0.131. The number of ether oxygens (including phenoxy) is 4. The molecule has 42 heavy (non-hydrogen) atoms. The number of anilines is 1. The van der Waals surface area contributed by atoms with Gasteiger partial charge in [0.15, 0.2) is 34.6 Å². The second kappa shape index (κ2) is 9.87. The normalized spacial score (nSPS) is 21.1. The third kappa shape index (κ3) is 3.55. The first kappa shape index (κ1) is 27.3. The summed E-state index contributed by atoms with van der Waals surface area (Å²) in [6.07, 6.45) is 3.61. The molecule has 3 aliphatic rings.